The smallest absolute Gasteiger partial charge is 0.204 e. The van der Waals surface area contributed by atoms with Gasteiger partial charge in [0.25, 0.3) is 0 Å². The minimum Gasteiger partial charge on any atom is -0.508 e. The fraction of sp³-hybridized carbons (Fsp3) is 0.556. The zero-order chi connectivity index (χ0) is 27.2. The van der Waals surface area contributed by atoms with Crippen molar-refractivity contribution in [1.29, 1.82) is 0 Å². The third-order valence-electron chi connectivity index (χ3n) is 7.50. The first-order valence-electron chi connectivity index (χ1n) is 12.9. The number of aromatic hydroxyl groups is 1. The fourth-order valence-electron chi connectivity index (χ4n) is 5.65. The minimum atomic E-state index is -1.51. The zero-order valence-corrected chi connectivity index (χ0v) is 22.7. The molecule has 7 unspecified atom stereocenters. The summed E-state index contributed by atoms with van der Waals surface area (Å²) in [6.45, 7) is 6.24. The number of carbonyl (C=O) groups excluding carboxylic acids is 1. The highest BCUT2D eigenvalue weighted by Crippen LogP contribution is 2.44. The number of hydrogen-bond donors (Lipinski definition) is 5. The molecule has 0 radical (unpaired) electrons. The van der Waals surface area contributed by atoms with Gasteiger partial charge in [0.15, 0.2) is 12.6 Å². The van der Waals surface area contributed by atoms with Crippen LogP contribution in [0.15, 0.2) is 30.5 Å². The van der Waals surface area contributed by atoms with Crippen molar-refractivity contribution in [3.8, 4) is 5.75 Å². The molecule has 0 aliphatic carbocycles. The molecule has 0 amide bonds. The van der Waals surface area contributed by atoms with Crippen LogP contribution in [0, 0.1) is 0 Å². The van der Waals surface area contributed by atoms with Gasteiger partial charge in [-0.15, -0.1) is 11.8 Å². The van der Waals surface area contributed by atoms with Crippen molar-refractivity contribution in [2.24, 2.45) is 0 Å². The van der Waals surface area contributed by atoms with E-state index >= 15 is 0 Å². The van der Waals surface area contributed by atoms with Crippen LogP contribution in [0.3, 0.4) is 0 Å². The summed E-state index contributed by atoms with van der Waals surface area (Å²) >= 11 is 1.14. The first-order valence-corrected chi connectivity index (χ1v) is 14.1. The number of nitrogens with one attached hydrogen (secondary N) is 2. The number of carbonyl (C=O) groups is 1. The molecule has 11 heteroatoms. The van der Waals surface area contributed by atoms with E-state index in [1.54, 1.807) is 37.4 Å². The molecule has 0 saturated carbocycles. The molecule has 2 fully saturated rings. The highest BCUT2D eigenvalue weighted by molar-refractivity contribution is 8.00. The molecule has 0 bridgehead atoms. The van der Waals surface area contributed by atoms with Gasteiger partial charge in [0.05, 0.1) is 18.2 Å². The Balaban J connectivity index is 1.45. The number of aromatic nitrogens is 2. The van der Waals surface area contributed by atoms with Gasteiger partial charge >= 0.3 is 0 Å². The number of benzene rings is 1. The molecule has 2 saturated heterocycles. The van der Waals surface area contributed by atoms with Gasteiger partial charge in [-0.05, 0) is 50.3 Å². The quantitative estimate of drug-likeness (QED) is 0.281. The lowest BCUT2D eigenvalue weighted by molar-refractivity contribution is -0.304. The molecule has 38 heavy (non-hydrogen) atoms. The molecule has 2 aromatic heterocycles. The van der Waals surface area contributed by atoms with E-state index < -0.39 is 41.4 Å². The van der Waals surface area contributed by atoms with Crippen LogP contribution in [0.25, 0.3) is 21.8 Å². The lowest BCUT2D eigenvalue weighted by atomic mass is 9.83. The predicted molar refractivity (Wildman–Crippen MR) is 144 cm³/mol. The van der Waals surface area contributed by atoms with Crippen LogP contribution >= 0.6 is 11.8 Å². The highest BCUT2D eigenvalue weighted by atomic mass is 32.2. The second-order valence-electron chi connectivity index (χ2n) is 10.3. The Morgan fingerprint density at radius 3 is 2.74 bits per heavy atom. The van der Waals surface area contributed by atoms with Crippen LogP contribution in [0.4, 0.5) is 0 Å². The zero-order valence-electron chi connectivity index (χ0n) is 21.9. The van der Waals surface area contributed by atoms with E-state index in [9.17, 15) is 20.1 Å². The SMILES string of the molecule is CSC1(C(=O)c2nccc3c2[nH]c2ccc(O)cc23)C(C)OC(O)C(OC2CCC(NC(C)C)CO2)C1O. The summed E-state index contributed by atoms with van der Waals surface area (Å²) in [5.41, 5.74) is 1.37. The Labute approximate surface area is 225 Å². The molecule has 206 valence electrons. The molecule has 10 nitrogen and oxygen atoms in total. The predicted octanol–water partition coefficient (Wildman–Crippen LogP) is 2.69. The molecule has 4 heterocycles. The maximum Gasteiger partial charge on any atom is 0.204 e. The van der Waals surface area contributed by atoms with E-state index in [0.29, 0.717) is 24.6 Å². The van der Waals surface area contributed by atoms with Crippen molar-refractivity contribution in [3.05, 3.63) is 36.2 Å². The maximum atomic E-state index is 14.3. The standard InChI is InChI=1S/C27H35N3O7S/c1-13(2)29-15-5-8-20(35-12-15)37-23-25(33)27(38-4,14(3)36-26(23)34)24(32)22-21-17(9-10-28-22)18-11-16(31)6-7-19(18)30-21/h6-7,9-11,13-15,20,23,25-26,29-31,33-34H,5,8,12H2,1-4H3. The Morgan fingerprint density at radius 1 is 1.26 bits per heavy atom. The molecule has 7 atom stereocenters. The molecule has 2 aliphatic heterocycles. The average molecular weight is 546 g/mol. The van der Waals surface area contributed by atoms with Crippen molar-refractivity contribution in [2.45, 2.75) is 81.3 Å². The first kappa shape index (κ1) is 27.3. The second kappa shape index (κ2) is 10.7. The Morgan fingerprint density at radius 2 is 2.05 bits per heavy atom. The van der Waals surface area contributed by atoms with Crippen molar-refractivity contribution in [3.63, 3.8) is 0 Å². The molecule has 2 aliphatic rings. The third-order valence-corrected chi connectivity index (χ3v) is 8.94. The van der Waals surface area contributed by atoms with Gasteiger partial charge in [0, 0.05) is 34.6 Å². The molecule has 3 aromatic rings. The van der Waals surface area contributed by atoms with E-state index in [2.05, 4.69) is 29.1 Å². The normalized spacial score (nSPS) is 32.3. The van der Waals surface area contributed by atoms with Crippen molar-refractivity contribution >= 4 is 39.4 Å². The number of rotatable bonds is 7. The maximum absolute atomic E-state index is 14.3. The number of thioether (sulfide) groups is 1. The minimum absolute atomic E-state index is 0.110. The average Bonchev–Trinajstić information content (AvgIpc) is 3.25. The number of H-pyrrole nitrogens is 1. The number of aromatic amines is 1. The summed E-state index contributed by atoms with van der Waals surface area (Å²) in [4.78, 5) is 21.9. The summed E-state index contributed by atoms with van der Waals surface area (Å²) in [5.74, 6) is -0.337. The Bertz CT molecular complexity index is 1310. The number of ether oxygens (including phenoxy) is 3. The van der Waals surface area contributed by atoms with E-state index in [4.69, 9.17) is 14.2 Å². The van der Waals surface area contributed by atoms with Gasteiger partial charge in [-0.2, -0.15) is 0 Å². The van der Waals surface area contributed by atoms with Gasteiger partial charge in [-0.25, -0.2) is 0 Å². The molecular formula is C27H35N3O7S. The van der Waals surface area contributed by atoms with Gasteiger partial charge in [0.1, 0.15) is 28.4 Å². The largest absolute Gasteiger partial charge is 0.508 e. The lowest BCUT2D eigenvalue weighted by Gasteiger charge is -2.49. The summed E-state index contributed by atoms with van der Waals surface area (Å²) in [6.07, 6.45) is -0.933. The summed E-state index contributed by atoms with van der Waals surface area (Å²) in [5, 5.41) is 37.3. The van der Waals surface area contributed by atoms with E-state index in [0.717, 1.165) is 34.5 Å². The van der Waals surface area contributed by atoms with Crippen LogP contribution in [0.2, 0.25) is 0 Å². The number of hydrogen-bond acceptors (Lipinski definition) is 10. The Kier molecular flexibility index (Phi) is 7.71. The molecule has 5 rings (SSSR count). The second-order valence-corrected chi connectivity index (χ2v) is 11.4. The van der Waals surface area contributed by atoms with E-state index in [1.165, 1.54) is 6.20 Å². The van der Waals surface area contributed by atoms with Crippen LogP contribution in [0.5, 0.6) is 5.75 Å². The summed E-state index contributed by atoms with van der Waals surface area (Å²) in [7, 11) is 0. The Hall–Kier alpha value is -2.25. The van der Waals surface area contributed by atoms with Gasteiger partial charge < -0.3 is 39.8 Å². The van der Waals surface area contributed by atoms with E-state index in [-0.39, 0.29) is 17.5 Å². The van der Waals surface area contributed by atoms with Gasteiger partial charge in [-0.1, -0.05) is 13.8 Å². The number of fused-ring (bicyclic) bond motifs is 3. The van der Waals surface area contributed by atoms with Crippen LogP contribution < -0.4 is 5.32 Å². The number of nitrogens with zero attached hydrogens (tertiary/aromatic N) is 1. The monoisotopic (exact) mass is 545 g/mol. The number of aliphatic hydroxyl groups excluding tert-OH is 2. The first-order chi connectivity index (χ1) is 18.1. The van der Waals surface area contributed by atoms with E-state index in [1.807, 2.05) is 0 Å². The number of aliphatic hydroxyl groups is 2. The number of phenols is 1. The third kappa shape index (κ3) is 4.70. The molecule has 5 N–H and O–H groups in total. The lowest BCUT2D eigenvalue weighted by Crippen LogP contribution is -2.68. The number of pyridine rings is 1. The van der Waals surface area contributed by atoms with Gasteiger partial charge in [0.2, 0.25) is 5.78 Å². The summed E-state index contributed by atoms with van der Waals surface area (Å²) in [6, 6.07) is 7.21. The van der Waals surface area contributed by atoms with Gasteiger partial charge in [-0.3, -0.25) is 9.78 Å². The molecular weight excluding hydrogens is 510 g/mol. The van der Waals surface area contributed by atoms with Crippen molar-refractivity contribution < 1.29 is 34.3 Å². The van der Waals surface area contributed by atoms with Crippen LogP contribution in [0.1, 0.15) is 44.1 Å². The van der Waals surface area contributed by atoms with Crippen molar-refractivity contribution in [2.75, 3.05) is 12.9 Å². The van der Waals surface area contributed by atoms with Crippen LogP contribution in [-0.4, -0.2) is 91.7 Å². The fourth-order valence-corrected chi connectivity index (χ4v) is 6.69. The molecule has 0 spiro atoms. The highest BCUT2D eigenvalue weighted by Gasteiger charge is 2.60. The summed E-state index contributed by atoms with van der Waals surface area (Å²) < 4.78 is 16.2. The number of Topliss-reactive ketones (excluding diaryl/α,β-unsaturated/α-hetero) is 1. The van der Waals surface area contributed by atoms with Crippen LogP contribution in [-0.2, 0) is 14.2 Å². The molecule has 1 aromatic carbocycles. The topological polar surface area (TPSA) is 146 Å². The number of ketones is 1. The number of phenolic OH excluding ortho intramolecular Hbond substituents is 1. The van der Waals surface area contributed by atoms with Crippen molar-refractivity contribution in [1.82, 2.24) is 15.3 Å².